The number of nitrogens with one attached hydrogen (secondary N) is 1. The summed E-state index contributed by atoms with van der Waals surface area (Å²) in [6.45, 7) is 3.75. The highest BCUT2D eigenvalue weighted by Crippen LogP contribution is 2.39. The highest BCUT2D eigenvalue weighted by atomic mass is 16.3. The van der Waals surface area contributed by atoms with Gasteiger partial charge in [0.05, 0.1) is 5.60 Å². The molecular formula is C15H24N4O. The molecule has 20 heavy (non-hydrogen) atoms. The number of nitrogens with zero attached hydrogens (tertiary/aromatic N) is 3. The zero-order valence-corrected chi connectivity index (χ0v) is 12.4. The van der Waals surface area contributed by atoms with Gasteiger partial charge in [0, 0.05) is 32.1 Å². The highest BCUT2D eigenvalue weighted by Gasteiger charge is 2.29. The largest absolute Gasteiger partial charge is 0.390 e. The van der Waals surface area contributed by atoms with Crippen LogP contribution >= 0.6 is 0 Å². The minimum atomic E-state index is -0.535. The van der Waals surface area contributed by atoms with Crippen LogP contribution in [0.1, 0.15) is 50.8 Å². The molecule has 0 bridgehead atoms. The molecule has 1 aromatic heterocycles. The second-order valence-corrected chi connectivity index (χ2v) is 6.33. The zero-order valence-electron chi connectivity index (χ0n) is 12.4. The summed E-state index contributed by atoms with van der Waals surface area (Å²) in [5.74, 6) is 3.43. The molecule has 0 spiro atoms. The van der Waals surface area contributed by atoms with Gasteiger partial charge in [0.15, 0.2) is 0 Å². The maximum atomic E-state index is 10.2. The van der Waals surface area contributed by atoms with Gasteiger partial charge in [-0.1, -0.05) is 0 Å². The van der Waals surface area contributed by atoms with Crippen LogP contribution in [0.25, 0.3) is 0 Å². The van der Waals surface area contributed by atoms with E-state index in [1.54, 1.807) is 0 Å². The van der Waals surface area contributed by atoms with Crippen LogP contribution in [-0.4, -0.2) is 40.8 Å². The van der Waals surface area contributed by atoms with Crippen LogP contribution in [0.4, 0.5) is 11.6 Å². The summed E-state index contributed by atoms with van der Waals surface area (Å²) in [7, 11) is 1.90. The van der Waals surface area contributed by atoms with Gasteiger partial charge < -0.3 is 15.3 Å². The van der Waals surface area contributed by atoms with Gasteiger partial charge in [0.2, 0.25) is 0 Å². The summed E-state index contributed by atoms with van der Waals surface area (Å²) in [6, 6.07) is 2.02. The number of aliphatic hydroxyl groups is 1. The van der Waals surface area contributed by atoms with Crippen molar-refractivity contribution in [3.8, 4) is 0 Å². The lowest BCUT2D eigenvalue weighted by atomic mass is 9.98. The lowest BCUT2D eigenvalue weighted by Crippen LogP contribution is -2.29. The summed E-state index contributed by atoms with van der Waals surface area (Å²) in [5, 5.41) is 13.3. The van der Waals surface area contributed by atoms with Gasteiger partial charge in [0.1, 0.15) is 17.5 Å². The predicted molar refractivity (Wildman–Crippen MR) is 80.2 cm³/mol. The number of hydrogen-bond donors (Lipinski definition) is 2. The Labute approximate surface area is 120 Å². The van der Waals surface area contributed by atoms with Gasteiger partial charge >= 0.3 is 0 Å². The van der Waals surface area contributed by atoms with Crippen molar-refractivity contribution in [2.24, 2.45) is 0 Å². The third kappa shape index (κ3) is 3.03. The number of aromatic nitrogens is 2. The molecule has 0 radical (unpaired) electrons. The summed E-state index contributed by atoms with van der Waals surface area (Å²) < 4.78 is 0. The molecule has 1 saturated carbocycles. The molecule has 5 heteroatoms. The molecule has 2 N–H and O–H groups in total. The van der Waals surface area contributed by atoms with Crippen molar-refractivity contribution in [2.75, 3.05) is 30.4 Å². The first kappa shape index (κ1) is 13.6. The van der Waals surface area contributed by atoms with Gasteiger partial charge in [0.25, 0.3) is 0 Å². The molecule has 1 aromatic rings. The number of rotatable bonds is 3. The summed E-state index contributed by atoms with van der Waals surface area (Å²) >= 11 is 0. The van der Waals surface area contributed by atoms with Crippen LogP contribution in [0, 0.1) is 0 Å². The van der Waals surface area contributed by atoms with Crippen LogP contribution in [0.15, 0.2) is 6.07 Å². The second-order valence-electron chi connectivity index (χ2n) is 6.33. The Balaban J connectivity index is 1.83. The van der Waals surface area contributed by atoms with Crippen LogP contribution in [-0.2, 0) is 0 Å². The minimum absolute atomic E-state index is 0.535. The Bertz CT molecular complexity index is 485. The molecule has 0 amide bonds. The van der Waals surface area contributed by atoms with Gasteiger partial charge in [-0.25, -0.2) is 9.97 Å². The van der Waals surface area contributed by atoms with E-state index in [9.17, 15) is 5.11 Å². The molecule has 1 aliphatic carbocycles. The smallest absolute Gasteiger partial charge is 0.136 e. The molecule has 0 aromatic carbocycles. The van der Waals surface area contributed by atoms with Crippen molar-refractivity contribution in [3.05, 3.63) is 11.9 Å². The van der Waals surface area contributed by atoms with Crippen LogP contribution in [0.2, 0.25) is 0 Å². The minimum Gasteiger partial charge on any atom is -0.390 e. The van der Waals surface area contributed by atoms with E-state index in [-0.39, 0.29) is 0 Å². The third-order valence-electron chi connectivity index (χ3n) is 4.32. The van der Waals surface area contributed by atoms with Crippen molar-refractivity contribution in [2.45, 2.75) is 50.5 Å². The lowest BCUT2D eigenvalue weighted by molar-refractivity contribution is 0.0481. The molecule has 2 fully saturated rings. The molecule has 3 rings (SSSR count). The molecule has 1 atom stereocenters. The van der Waals surface area contributed by atoms with Crippen LogP contribution in [0.5, 0.6) is 0 Å². The SMILES string of the molecule is CNc1cc(N2CCCC(C)(O)CC2)nc(C2CC2)n1. The van der Waals surface area contributed by atoms with Gasteiger partial charge in [-0.15, -0.1) is 0 Å². The van der Waals surface area contributed by atoms with Crippen molar-refractivity contribution < 1.29 is 5.11 Å². The quantitative estimate of drug-likeness (QED) is 0.885. The van der Waals surface area contributed by atoms with E-state index in [2.05, 4.69) is 15.2 Å². The molecule has 1 aliphatic heterocycles. The van der Waals surface area contributed by atoms with E-state index in [1.807, 2.05) is 20.0 Å². The van der Waals surface area contributed by atoms with Gasteiger partial charge in [-0.3, -0.25) is 0 Å². The average molecular weight is 276 g/mol. The van der Waals surface area contributed by atoms with Crippen molar-refractivity contribution in [1.29, 1.82) is 0 Å². The normalized spacial score (nSPS) is 27.2. The first-order valence-electron chi connectivity index (χ1n) is 7.61. The summed E-state index contributed by atoms with van der Waals surface area (Å²) in [5.41, 5.74) is -0.535. The lowest BCUT2D eigenvalue weighted by Gasteiger charge is -2.24. The highest BCUT2D eigenvalue weighted by molar-refractivity contribution is 5.50. The summed E-state index contributed by atoms with van der Waals surface area (Å²) in [6.07, 6.45) is 5.08. The molecular weight excluding hydrogens is 252 g/mol. The van der Waals surface area contributed by atoms with Crippen LogP contribution in [0.3, 0.4) is 0 Å². The Morgan fingerprint density at radius 2 is 2.10 bits per heavy atom. The van der Waals surface area contributed by atoms with Gasteiger partial charge in [-0.05, 0) is 39.0 Å². The van der Waals surface area contributed by atoms with E-state index in [0.717, 1.165) is 49.8 Å². The maximum Gasteiger partial charge on any atom is 0.136 e. The van der Waals surface area contributed by atoms with Crippen molar-refractivity contribution >= 4 is 11.6 Å². The first-order chi connectivity index (χ1) is 9.57. The maximum absolute atomic E-state index is 10.2. The fraction of sp³-hybridized carbons (Fsp3) is 0.733. The fourth-order valence-electron chi connectivity index (χ4n) is 2.76. The van der Waals surface area contributed by atoms with Gasteiger partial charge in [-0.2, -0.15) is 0 Å². The Morgan fingerprint density at radius 1 is 1.30 bits per heavy atom. The Hall–Kier alpha value is -1.36. The van der Waals surface area contributed by atoms with E-state index in [0.29, 0.717) is 5.92 Å². The topological polar surface area (TPSA) is 61.3 Å². The Kier molecular flexibility index (Phi) is 3.54. The van der Waals surface area contributed by atoms with Crippen LogP contribution < -0.4 is 10.2 Å². The summed E-state index contributed by atoms with van der Waals surface area (Å²) in [4.78, 5) is 11.6. The standard InChI is InChI=1S/C15H24N4O/c1-15(20)6-3-8-19(9-7-15)13-10-12(16-2)17-14(18-13)11-4-5-11/h10-11,20H,3-9H2,1-2H3,(H,16,17,18). The monoisotopic (exact) mass is 276 g/mol. The molecule has 1 unspecified atom stereocenters. The van der Waals surface area contributed by atoms with E-state index in [4.69, 9.17) is 4.98 Å². The van der Waals surface area contributed by atoms with E-state index >= 15 is 0 Å². The number of hydrogen-bond acceptors (Lipinski definition) is 5. The zero-order chi connectivity index (χ0) is 14.2. The molecule has 2 aliphatic rings. The van der Waals surface area contributed by atoms with E-state index in [1.165, 1.54) is 12.8 Å². The second kappa shape index (κ2) is 5.20. The first-order valence-corrected chi connectivity index (χ1v) is 7.61. The molecule has 2 heterocycles. The number of anilines is 2. The fourth-order valence-corrected chi connectivity index (χ4v) is 2.76. The molecule has 1 saturated heterocycles. The Morgan fingerprint density at radius 3 is 2.80 bits per heavy atom. The third-order valence-corrected chi connectivity index (χ3v) is 4.32. The average Bonchev–Trinajstić information content (AvgIpc) is 3.25. The molecule has 5 nitrogen and oxygen atoms in total. The molecule has 110 valence electrons. The van der Waals surface area contributed by atoms with E-state index < -0.39 is 5.60 Å². The van der Waals surface area contributed by atoms with Crippen molar-refractivity contribution in [1.82, 2.24) is 9.97 Å². The predicted octanol–water partition coefficient (Wildman–Crippen LogP) is 2.14. The van der Waals surface area contributed by atoms with Crippen molar-refractivity contribution in [3.63, 3.8) is 0 Å².